The summed E-state index contributed by atoms with van der Waals surface area (Å²) in [5.74, 6) is -1.28. The molecule has 0 N–H and O–H groups in total. The molecule has 2 rings (SSSR count). The van der Waals surface area contributed by atoms with Gasteiger partial charge in [-0.05, 0) is 35.9 Å². The molecule has 0 heterocycles. The lowest BCUT2D eigenvalue weighted by molar-refractivity contribution is -0.117. The molecule has 0 aromatic heterocycles. The topological polar surface area (TPSA) is 17.1 Å². The Morgan fingerprint density at radius 3 is 2.55 bits per heavy atom. The van der Waals surface area contributed by atoms with Gasteiger partial charge in [0, 0.05) is 27.9 Å². The second kappa shape index (κ2) is 6.46. The lowest BCUT2D eigenvalue weighted by Crippen LogP contribution is -2.09. The number of carbonyl (C=O) groups is 1. The van der Waals surface area contributed by atoms with Crippen LogP contribution in [0.3, 0.4) is 0 Å². The molecular formula is C15H10BrClF2O. The number of rotatable bonds is 4. The minimum Gasteiger partial charge on any atom is -0.299 e. The maximum Gasteiger partial charge on any atom is 0.141 e. The zero-order valence-corrected chi connectivity index (χ0v) is 12.6. The van der Waals surface area contributed by atoms with Crippen LogP contribution < -0.4 is 0 Å². The fourth-order valence-corrected chi connectivity index (χ4v) is 2.49. The number of carbonyl (C=O) groups excluding carboxylic acids is 1. The lowest BCUT2D eigenvalue weighted by Gasteiger charge is -2.06. The van der Waals surface area contributed by atoms with Gasteiger partial charge >= 0.3 is 0 Å². The smallest absolute Gasteiger partial charge is 0.141 e. The van der Waals surface area contributed by atoms with Crippen molar-refractivity contribution < 1.29 is 13.6 Å². The van der Waals surface area contributed by atoms with E-state index in [0.717, 1.165) is 0 Å². The Bertz CT molecular complexity index is 638. The summed E-state index contributed by atoms with van der Waals surface area (Å²) >= 11 is 9.08. The van der Waals surface area contributed by atoms with Crippen LogP contribution in [0.15, 0.2) is 40.9 Å². The molecule has 104 valence electrons. The molecule has 0 saturated heterocycles. The number of hydrogen-bond acceptors (Lipinski definition) is 1. The Hall–Kier alpha value is -1.26. The average molecular weight is 360 g/mol. The molecule has 0 aliphatic carbocycles. The molecule has 0 spiro atoms. The van der Waals surface area contributed by atoms with Gasteiger partial charge in [0.1, 0.15) is 17.4 Å². The van der Waals surface area contributed by atoms with Crippen LogP contribution in [0.1, 0.15) is 11.1 Å². The first kappa shape index (κ1) is 15.1. The Morgan fingerprint density at radius 2 is 1.85 bits per heavy atom. The summed E-state index contributed by atoms with van der Waals surface area (Å²) in [7, 11) is 0. The van der Waals surface area contributed by atoms with E-state index in [2.05, 4.69) is 15.9 Å². The van der Waals surface area contributed by atoms with Gasteiger partial charge in [-0.1, -0.05) is 33.6 Å². The maximum absolute atomic E-state index is 13.6. The number of hydrogen-bond donors (Lipinski definition) is 0. The molecule has 0 unspecified atom stereocenters. The molecule has 0 saturated carbocycles. The molecule has 0 atom stereocenters. The van der Waals surface area contributed by atoms with Crippen LogP contribution in [0, 0.1) is 11.6 Å². The van der Waals surface area contributed by atoms with Crippen LogP contribution in [0.4, 0.5) is 8.78 Å². The molecule has 0 radical (unpaired) electrons. The second-order valence-corrected chi connectivity index (χ2v) is 5.65. The Kier molecular flexibility index (Phi) is 4.89. The Labute approximate surface area is 128 Å². The van der Waals surface area contributed by atoms with Crippen molar-refractivity contribution in [2.75, 3.05) is 0 Å². The van der Waals surface area contributed by atoms with Crippen LogP contribution >= 0.6 is 27.5 Å². The molecule has 20 heavy (non-hydrogen) atoms. The quantitative estimate of drug-likeness (QED) is 0.771. The fraction of sp³-hybridized carbons (Fsp3) is 0.133. The van der Waals surface area contributed by atoms with Crippen molar-refractivity contribution in [3.63, 3.8) is 0 Å². The third kappa shape index (κ3) is 3.64. The highest BCUT2D eigenvalue weighted by Crippen LogP contribution is 2.21. The van der Waals surface area contributed by atoms with Crippen LogP contribution in [-0.2, 0) is 17.6 Å². The molecule has 0 amide bonds. The molecule has 0 aliphatic heterocycles. The molecule has 5 heteroatoms. The van der Waals surface area contributed by atoms with Crippen molar-refractivity contribution in [1.29, 1.82) is 0 Å². The minimum atomic E-state index is -0.527. The summed E-state index contributed by atoms with van der Waals surface area (Å²) in [6, 6.07) is 8.61. The molecule has 2 aromatic rings. The largest absolute Gasteiger partial charge is 0.299 e. The van der Waals surface area contributed by atoms with Gasteiger partial charge in [-0.25, -0.2) is 8.78 Å². The van der Waals surface area contributed by atoms with Crippen molar-refractivity contribution in [2.45, 2.75) is 12.8 Å². The third-order valence-electron chi connectivity index (χ3n) is 2.83. The number of halogens is 4. The van der Waals surface area contributed by atoms with Gasteiger partial charge in [0.2, 0.25) is 0 Å². The summed E-state index contributed by atoms with van der Waals surface area (Å²) < 4.78 is 27.8. The third-order valence-corrected chi connectivity index (χ3v) is 3.68. The molecule has 0 aliphatic rings. The van der Waals surface area contributed by atoms with Crippen molar-refractivity contribution >= 4 is 33.3 Å². The van der Waals surface area contributed by atoms with E-state index >= 15 is 0 Å². The zero-order valence-electron chi connectivity index (χ0n) is 10.3. The highest BCUT2D eigenvalue weighted by atomic mass is 79.9. The number of Topliss-reactive ketones (excluding diaryl/α,β-unsaturated/α-hetero) is 1. The van der Waals surface area contributed by atoms with Crippen LogP contribution in [0.25, 0.3) is 0 Å². The summed E-state index contributed by atoms with van der Waals surface area (Å²) in [6.45, 7) is 0. The van der Waals surface area contributed by atoms with E-state index in [9.17, 15) is 13.6 Å². The number of ketones is 1. The summed E-state index contributed by atoms with van der Waals surface area (Å²) in [5, 5.41) is 0.202. The standard InChI is InChI=1S/C15H10BrClF2O/c16-10-4-5-14(18)9(6-10)7-11(20)8-12-13(17)2-1-3-15(12)19/h1-6H,7-8H2. The number of benzene rings is 2. The molecule has 2 aromatic carbocycles. The summed E-state index contributed by atoms with van der Waals surface area (Å²) in [5.41, 5.74) is 0.423. The Morgan fingerprint density at radius 1 is 1.10 bits per heavy atom. The van der Waals surface area contributed by atoms with Gasteiger partial charge < -0.3 is 0 Å². The van der Waals surface area contributed by atoms with Gasteiger partial charge in [-0.15, -0.1) is 0 Å². The molecule has 0 bridgehead atoms. The van der Waals surface area contributed by atoms with Gasteiger partial charge in [0.25, 0.3) is 0 Å². The zero-order chi connectivity index (χ0) is 14.7. The fourth-order valence-electron chi connectivity index (χ4n) is 1.85. The van der Waals surface area contributed by atoms with Gasteiger partial charge in [-0.3, -0.25) is 4.79 Å². The second-order valence-electron chi connectivity index (χ2n) is 4.33. The van der Waals surface area contributed by atoms with E-state index in [4.69, 9.17) is 11.6 Å². The summed E-state index contributed by atoms with van der Waals surface area (Å²) in [4.78, 5) is 11.9. The maximum atomic E-state index is 13.6. The van der Waals surface area contributed by atoms with Crippen molar-refractivity contribution in [1.82, 2.24) is 0 Å². The predicted octanol–water partition coefficient (Wildman–Crippen LogP) is 4.74. The predicted molar refractivity (Wildman–Crippen MR) is 77.9 cm³/mol. The SMILES string of the molecule is O=C(Cc1cc(Br)ccc1F)Cc1c(F)cccc1Cl. The minimum absolute atomic E-state index is 0.101. The van der Waals surface area contributed by atoms with Gasteiger partial charge in [0.05, 0.1) is 0 Å². The monoisotopic (exact) mass is 358 g/mol. The van der Waals surface area contributed by atoms with Crippen molar-refractivity contribution in [3.8, 4) is 0 Å². The van der Waals surface area contributed by atoms with Crippen LogP contribution in [0.2, 0.25) is 5.02 Å². The molecular weight excluding hydrogens is 350 g/mol. The average Bonchev–Trinajstić information content (AvgIpc) is 2.38. The van der Waals surface area contributed by atoms with E-state index in [-0.39, 0.29) is 34.8 Å². The summed E-state index contributed by atoms with van der Waals surface area (Å²) in [6.07, 6.45) is -0.257. The molecule has 1 nitrogen and oxygen atoms in total. The van der Waals surface area contributed by atoms with Crippen molar-refractivity contribution in [2.24, 2.45) is 0 Å². The van der Waals surface area contributed by atoms with E-state index < -0.39 is 11.6 Å². The van der Waals surface area contributed by atoms with E-state index in [1.54, 1.807) is 6.07 Å². The van der Waals surface area contributed by atoms with E-state index in [1.165, 1.54) is 30.3 Å². The van der Waals surface area contributed by atoms with Crippen molar-refractivity contribution in [3.05, 3.63) is 68.7 Å². The highest BCUT2D eigenvalue weighted by Gasteiger charge is 2.14. The molecule has 0 fully saturated rings. The van der Waals surface area contributed by atoms with Crippen LogP contribution in [0.5, 0.6) is 0 Å². The van der Waals surface area contributed by atoms with E-state index in [0.29, 0.717) is 4.47 Å². The first-order valence-corrected chi connectivity index (χ1v) is 7.03. The first-order chi connectivity index (χ1) is 9.47. The van der Waals surface area contributed by atoms with Gasteiger partial charge in [-0.2, -0.15) is 0 Å². The normalized spacial score (nSPS) is 10.6. The van der Waals surface area contributed by atoms with E-state index in [1.807, 2.05) is 0 Å². The van der Waals surface area contributed by atoms with Crippen LogP contribution in [-0.4, -0.2) is 5.78 Å². The van der Waals surface area contributed by atoms with Gasteiger partial charge in [0.15, 0.2) is 0 Å². The Balaban J connectivity index is 2.15. The first-order valence-electron chi connectivity index (χ1n) is 5.86. The highest BCUT2D eigenvalue weighted by molar-refractivity contribution is 9.10. The lowest BCUT2D eigenvalue weighted by atomic mass is 10.0.